The zero-order valence-electron chi connectivity index (χ0n) is 7.13. The molecule has 0 fully saturated rings. The Hall–Kier alpha value is -1.84. The second-order valence-corrected chi connectivity index (χ2v) is 2.65. The molecule has 1 aromatic carbocycles. The molecule has 1 rings (SSSR count). The lowest BCUT2D eigenvalue weighted by Crippen LogP contribution is -2.29. The molecule has 0 unspecified atom stereocenters. The van der Waals surface area contributed by atoms with Crippen LogP contribution in [0.15, 0.2) is 24.3 Å². The molecule has 0 atom stereocenters. The molecule has 4 heteroatoms. The highest BCUT2D eigenvalue weighted by molar-refractivity contribution is 6.03. The summed E-state index contributed by atoms with van der Waals surface area (Å²) in [5, 5.41) is 1.87. The summed E-state index contributed by atoms with van der Waals surface area (Å²) in [6, 6.07) is 5.65. The van der Waals surface area contributed by atoms with Crippen LogP contribution in [-0.2, 0) is 0 Å². The number of nitrogens with one attached hydrogen (secondary N) is 2. The first kappa shape index (κ1) is 9.25. The van der Waals surface area contributed by atoms with Crippen LogP contribution in [0.2, 0.25) is 0 Å². The normalized spacial score (nSPS) is 9.31. The third kappa shape index (κ3) is 2.59. The molecule has 1 radical (unpaired) electrons. The molecule has 1 aromatic rings. The van der Waals surface area contributed by atoms with E-state index < -0.39 is 11.9 Å². The Bertz CT molecular complexity index is 330. The molecule has 0 spiro atoms. The summed E-state index contributed by atoms with van der Waals surface area (Å²) >= 11 is 0. The van der Waals surface area contributed by atoms with Crippen LogP contribution in [0.4, 0.5) is 4.79 Å². The standard InChI is InChI=1S/C9H9N2O2/c1-6-2-4-7(5-3-6)8(12)11-9(10)13/h2-5,10H,1H3,(H,11,12,13). The minimum Gasteiger partial charge on any atom is -0.273 e. The van der Waals surface area contributed by atoms with E-state index in [9.17, 15) is 9.59 Å². The number of aryl methyl sites for hydroxylation is 1. The van der Waals surface area contributed by atoms with E-state index in [0.717, 1.165) is 5.56 Å². The summed E-state index contributed by atoms with van der Waals surface area (Å²) in [6.07, 6.45) is 0. The number of hydrogen-bond acceptors (Lipinski definition) is 2. The second-order valence-electron chi connectivity index (χ2n) is 2.65. The molecule has 0 bridgehead atoms. The van der Waals surface area contributed by atoms with E-state index in [0.29, 0.717) is 5.56 Å². The van der Waals surface area contributed by atoms with Crippen molar-refractivity contribution in [3.63, 3.8) is 0 Å². The van der Waals surface area contributed by atoms with Gasteiger partial charge in [-0.2, -0.15) is 0 Å². The maximum Gasteiger partial charge on any atom is 0.340 e. The van der Waals surface area contributed by atoms with Crippen molar-refractivity contribution in [2.75, 3.05) is 0 Å². The Labute approximate surface area is 75.7 Å². The monoisotopic (exact) mass is 177 g/mol. The topological polar surface area (TPSA) is 70.0 Å². The molecular formula is C9H9N2O2. The summed E-state index contributed by atoms with van der Waals surface area (Å²) in [7, 11) is 0. The average molecular weight is 177 g/mol. The van der Waals surface area contributed by atoms with Gasteiger partial charge in [0, 0.05) is 5.56 Å². The summed E-state index contributed by atoms with van der Waals surface area (Å²) < 4.78 is 0. The lowest BCUT2D eigenvalue weighted by molar-refractivity contribution is 0.0966. The lowest BCUT2D eigenvalue weighted by Gasteiger charge is -1.99. The molecule has 0 saturated heterocycles. The number of imide groups is 1. The van der Waals surface area contributed by atoms with Gasteiger partial charge in [0.05, 0.1) is 0 Å². The third-order valence-corrected chi connectivity index (χ3v) is 1.54. The fraction of sp³-hybridized carbons (Fsp3) is 0.111. The zero-order valence-corrected chi connectivity index (χ0v) is 7.13. The van der Waals surface area contributed by atoms with Crippen LogP contribution in [0.1, 0.15) is 15.9 Å². The predicted molar refractivity (Wildman–Crippen MR) is 47.1 cm³/mol. The van der Waals surface area contributed by atoms with Gasteiger partial charge in [-0.25, -0.2) is 10.5 Å². The van der Waals surface area contributed by atoms with E-state index >= 15 is 0 Å². The number of rotatable bonds is 1. The highest BCUT2D eigenvalue weighted by atomic mass is 16.2. The molecule has 67 valence electrons. The summed E-state index contributed by atoms with van der Waals surface area (Å²) in [5.41, 5.74) is 7.95. The summed E-state index contributed by atoms with van der Waals surface area (Å²) in [5.74, 6) is -0.542. The maximum absolute atomic E-state index is 11.1. The van der Waals surface area contributed by atoms with Crippen molar-refractivity contribution < 1.29 is 9.59 Å². The van der Waals surface area contributed by atoms with Crippen molar-refractivity contribution in [3.05, 3.63) is 35.4 Å². The molecule has 13 heavy (non-hydrogen) atoms. The Balaban J connectivity index is 2.78. The van der Waals surface area contributed by atoms with Crippen molar-refractivity contribution in [1.29, 1.82) is 0 Å². The van der Waals surface area contributed by atoms with Gasteiger partial charge in [0.25, 0.3) is 5.91 Å². The van der Waals surface area contributed by atoms with Crippen molar-refractivity contribution in [3.8, 4) is 0 Å². The minimum absolute atomic E-state index is 0.381. The van der Waals surface area contributed by atoms with E-state index in [2.05, 4.69) is 0 Å². The Morgan fingerprint density at radius 2 is 1.77 bits per heavy atom. The van der Waals surface area contributed by atoms with Crippen LogP contribution in [0, 0.1) is 6.92 Å². The van der Waals surface area contributed by atoms with Crippen LogP contribution in [0.5, 0.6) is 0 Å². The number of benzene rings is 1. The van der Waals surface area contributed by atoms with Gasteiger partial charge >= 0.3 is 6.03 Å². The number of carbonyl (C=O) groups is 2. The van der Waals surface area contributed by atoms with Crippen LogP contribution in [0.3, 0.4) is 0 Å². The van der Waals surface area contributed by atoms with E-state index in [1.54, 1.807) is 24.3 Å². The zero-order chi connectivity index (χ0) is 9.84. The highest BCUT2D eigenvalue weighted by Crippen LogP contribution is 2.02. The van der Waals surface area contributed by atoms with Gasteiger partial charge in [0.15, 0.2) is 0 Å². The molecule has 3 amide bonds. The van der Waals surface area contributed by atoms with Gasteiger partial charge in [-0.15, -0.1) is 0 Å². The first-order valence-corrected chi connectivity index (χ1v) is 3.73. The largest absolute Gasteiger partial charge is 0.340 e. The molecule has 0 aliphatic heterocycles. The number of carbonyl (C=O) groups excluding carboxylic acids is 2. The lowest BCUT2D eigenvalue weighted by atomic mass is 10.1. The quantitative estimate of drug-likeness (QED) is 0.698. The fourth-order valence-electron chi connectivity index (χ4n) is 0.880. The van der Waals surface area contributed by atoms with Crippen LogP contribution in [-0.4, -0.2) is 11.9 Å². The van der Waals surface area contributed by atoms with Crippen molar-refractivity contribution >= 4 is 11.9 Å². The number of hydrogen-bond donors (Lipinski definition) is 1. The van der Waals surface area contributed by atoms with Crippen LogP contribution < -0.4 is 11.1 Å². The first-order valence-electron chi connectivity index (χ1n) is 3.73. The minimum atomic E-state index is -1.09. The van der Waals surface area contributed by atoms with Crippen LogP contribution in [0.25, 0.3) is 0 Å². The van der Waals surface area contributed by atoms with Crippen molar-refractivity contribution in [2.45, 2.75) is 6.92 Å². The van der Waals surface area contributed by atoms with Crippen molar-refractivity contribution in [1.82, 2.24) is 11.1 Å². The smallest absolute Gasteiger partial charge is 0.273 e. The molecule has 0 saturated carbocycles. The van der Waals surface area contributed by atoms with Crippen LogP contribution >= 0.6 is 0 Å². The van der Waals surface area contributed by atoms with E-state index in [-0.39, 0.29) is 0 Å². The Kier molecular flexibility index (Phi) is 2.64. The maximum atomic E-state index is 11.1. The van der Waals surface area contributed by atoms with Gasteiger partial charge in [0.1, 0.15) is 0 Å². The van der Waals surface area contributed by atoms with Gasteiger partial charge in [-0.1, -0.05) is 17.7 Å². The first-order chi connectivity index (χ1) is 6.09. The molecule has 0 aromatic heterocycles. The predicted octanol–water partition coefficient (Wildman–Crippen LogP) is 1.13. The highest BCUT2D eigenvalue weighted by Gasteiger charge is 2.06. The summed E-state index contributed by atoms with van der Waals surface area (Å²) in [6.45, 7) is 1.90. The Morgan fingerprint density at radius 3 is 2.23 bits per heavy atom. The summed E-state index contributed by atoms with van der Waals surface area (Å²) in [4.78, 5) is 21.3. The molecule has 0 heterocycles. The fourth-order valence-corrected chi connectivity index (χ4v) is 0.880. The van der Waals surface area contributed by atoms with Gasteiger partial charge < -0.3 is 0 Å². The van der Waals surface area contributed by atoms with E-state index in [1.165, 1.54) is 0 Å². The van der Waals surface area contributed by atoms with Gasteiger partial charge in [0.2, 0.25) is 0 Å². The SMILES string of the molecule is Cc1ccc(C(=O)NC([NH])=O)cc1. The third-order valence-electron chi connectivity index (χ3n) is 1.54. The second kappa shape index (κ2) is 3.71. The molecule has 2 N–H and O–H groups in total. The number of amides is 3. The molecule has 0 aliphatic carbocycles. The van der Waals surface area contributed by atoms with E-state index in [4.69, 9.17) is 5.73 Å². The van der Waals surface area contributed by atoms with Gasteiger partial charge in [-0.3, -0.25) is 10.1 Å². The number of urea groups is 1. The van der Waals surface area contributed by atoms with E-state index in [1.807, 2.05) is 12.2 Å². The molecule has 4 nitrogen and oxygen atoms in total. The molecule has 0 aliphatic rings. The average Bonchev–Trinajstić information content (AvgIpc) is 2.04. The molecular weight excluding hydrogens is 168 g/mol. The Morgan fingerprint density at radius 1 is 1.23 bits per heavy atom. The van der Waals surface area contributed by atoms with Crippen molar-refractivity contribution in [2.24, 2.45) is 0 Å². The van der Waals surface area contributed by atoms with Gasteiger partial charge in [-0.05, 0) is 19.1 Å².